The first-order valence-electron chi connectivity index (χ1n) is 3.72. The van der Waals surface area contributed by atoms with Crippen molar-refractivity contribution in [3.05, 3.63) is 34.3 Å². The van der Waals surface area contributed by atoms with Gasteiger partial charge in [-0.1, -0.05) is 12.1 Å². The Hall–Kier alpha value is -1.09. The average Bonchev–Trinajstić information content (AvgIpc) is 2.18. The van der Waals surface area contributed by atoms with Crippen LogP contribution in [0.1, 0.15) is 5.56 Å². The Balaban J connectivity index is 2.95. The molecule has 0 amide bonds. The quantitative estimate of drug-likeness (QED) is 0.600. The first-order valence-corrected chi connectivity index (χ1v) is 4.52. The third-order valence-corrected chi connectivity index (χ3v) is 1.93. The van der Waals surface area contributed by atoms with E-state index in [1.165, 1.54) is 0 Å². The lowest BCUT2D eigenvalue weighted by atomic mass is 10.2. The summed E-state index contributed by atoms with van der Waals surface area (Å²) in [6.07, 6.45) is 2.48. The molecule has 0 aliphatic carbocycles. The van der Waals surface area contributed by atoms with Gasteiger partial charge in [-0.15, -0.1) is 0 Å². The van der Waals surface area contributed by atoms with Gasteiger partial charge < -0.3 is 4.74 Å². The van der Waals surface area contributed by atoms with Gasteiger partial charge in [0.05, 0.1) is 11.6 Å². The summed E-state index contributed by atoms with van der Waals surface area (Å²) in [6, 6.07) is 7.47. The third-order valence-electron chi connectivity index (χ3n) is 1.51. The Labute approximate surface area is 85.3 Å². The molecule has 13 heavy (non-hydrogen) atoms. The maximum Gasteiger partial charge on any atom is 0.157 e. The predicted octanol–water partition coefficient (Wildman–Crippen LogP) is 2.63. The Morgan fingerprint density at radius 1 is 1.54 bits per heavy atom. The molecule has 0 aliphatic heterocycles. The van der Waals surface area contributed by atoms with Crippen LogP contribution >= 0.6 is 15.9 Å². The number of ether oxygens (including phenoxy) is 1. The minimum Gasteiger partial charge on any atom is -0.497 e. The zero-order valence-electron chi connectivity index (χ0n) is 7.16. The lowest BCUT2D eigenvalue weighted by molar-refractivity contribution is -0.104. The maximum absolute atomic E-state index is 10.3. The highest BCUT2D eigenvalue weighted by Crippen LogP contribution is 2.16. The van der Waals surface area contributed by atoms with Crippen molar-refractivity contribution in [1.82, 2.24) is 0 Å². The van der Waals surface area contributed by atoms with Gasteiger partial charge in [-0.25, -0.2) is 0 Å². The summed E-state index contributed by atoms with van der Waals surface area (Å²) >= 11 is 3.11. The summed E-state index contributed by atoms with van der Waals surface area (Å²) in [5.74, 6) is 0.778. The molecule has 0 saturated heterocycles. The minimum absolute atomic E-state index is 0.515. The largest absolute Gasteiger partial charge is 0.497 e. The zero-order valence-corrected chi connectivity index (χ0v) is 8.74. The molecule has 2 nitrogen and oxygen atoms in total. The van der Waals surface area contributed by atoms with Gasteiger partial charge in [0.2, 0.25) is 0 Å². The predicted molar refractivity (Wildman–Crippen MR) is 56.0 cm³/mol. The topological polar surface area (TPSA) is 26.3 Å². The summed E-state index contributed by atoms with van der Waals surface area (Å²) in [5, 5.41) is 0. The second-order valence-corrected chi connectivity index (χ2v) is 3.34. The molecular weight excluding hydrogens is 232 g/mol. The molecular formula is C10H9BrO2. The Morgan fingerprint density at radius 2 is 2.31 bits per heavy atom. The Kier molecular flexibility index (Phi) is 3.71. The molecule has 0 aliphatic rings. The molecule has 1 aromatic carbocycles. The van der Waals surface area contributed by atoms with Gasteiger partial charge in [0.25, 0.3) is 0 Å². The molecule has 1 rings (SSSR count). The van der Waals surface area contributed by atoms with E-state index >= 15 is 0 Å². The van der Waals surface area contributed by atoms with E-state index in [0.717, 1.165) is 17.6 Å². The number of aldehydes is 1. The van der Waals surface area contributed by atoms with Crippen molar-refractivity contribution in [2.45, 2.75) is 0 Å². The third kappa shape index (κ3) is 3.03. The molecule has 68 valence electrons. The second-order valence-electron chi connectivity index (χ2n) is 2.42. The van der Waals surface area contributed by atoms with Crippen LogP contribution in [0.15, 0.2) is 28.7 Å². The molecule has 0 aromatic heterocycles. The fourth-order valence-corrected chi connectivity index (χ4v) is 1.19. The van der Waals surface area contributed by atoms with Crippen molar-refractivity contribution in [1.29, 1.82) is 0 Å². The van der Waals surface area contributed by atoms with E-state index in [1.54, 1.807) is 13.2 Å². The first kappa shape index (κ1) is 9.99. The number of rotatable bonds is 3. The van der Waals surface area contributed by atoms with Crippen molar-refractivity contribution in [2.75, 3.05) is 7.11 Å². The van der Waals surface area contributed by atoms with Gasteiger partial charge in [-0.3, -0.25) is 4.79 Å². The number of halogens is 1. The van der Waals surface area contributed by atoms with Gasteiger partial charge in [0.1, 0.15) is 5.75 Å². The maximum atomic E-state index is 10.3. The van der Waals surface area contributed by atoms with E-state index in [1.807, 2.05) is 24.3 Å². The molecule has 0 bridgehead atoms. The highest BCUT2D eigenvalue weighted by Gasteiger charge is 1.93. The molecule has 0 fully saturated rings. The molecule has 3 heteroatoms. The van der Waals surface area contributed by atoms with Crippen LogP contribution in [0.5, 0.6) is 5.75 Å². The van der Waals surface area contributed by atoms with E-state index in [4.69, 9.17) is 4.74 Å². The number of methoxy groups -OCH3 is 1. The second kappa shape index (κ2) is 4.82. The van der Waals surface area contributed by atoms with Gasteiger partial charge >= 0.3 is 0 Å². The van der Waals surface area contributed by atoms with E-state index in [9.17, 15) is 4.79 Å². The van der Waals surface area contributed by atoms with Crippen molar-refractivity contribution in [3.63, 3.8) is 0 Å². The molecule has 0 unspecified atom stereocenters. The normalized spacial score (nSPS) is 11.1. The molecule has 0 atom stereocenters. The number of carbonyl (C=O) groups excluding carboxylic acids is 1. The van der Waals surface area contributed by atoms with Gasteiger partial charge in [-0.2, -0.15) is 0 Å². The highest BCUT2D eigenvalue weighted by atomic mass is 79.9. The molecule has 0 saturated carbocycles. The first-order chi connectivity index (χ1) is 6.26. The fraction of sp³-hybridized carbons (Fsp3) is 0.100. The summed E-state index contributed by atoms with van der Waals surface area (Å²) in [7, 11) is 1.61. The number of hydrogen-bond donors (Lipinski definition) is 0. The number of hydrogen-bond acceptors (Lipinski definition) is 2. The highest BCUT2D eigenvalue weighted by molar-refractivity contribution is 9.12. The lowest BCUT2D eigenvalue weighted by Crippen LogP contribution is -1.82. The molecule has 0 heterocycles. The summed E-state index contributed by atoms with van der Waals surface area (Å²) < 4.78 is 5.55. The van der Waals surface area contributed by atoms with Crippen molar-refractivity contribution < 1.29 is 9.53 Å². The molecule has 0 spiro atoms. The van der Waals surface area contributed by atoms with Gasteiger partial charge in [0.15, 0.2) is 6.29 Å². The number of carbonyl (C=O) groups is 1. The molecule has 1 aromatic rings. The van der Waals surface area contributed by atoms with Gasteiger partial charge in [-0.05, 0) is 39.7 Å². The standard InChI is InChI=1S/C10H9BrO2/c1-13-10-4-2-3-8(6-10)5-9(11)7-12/h2-7H,1H3/b9-5+. The van der Waals surface area contributed by atoms with Gasteiger partial charge in [0, 0.05) is 0 Å². The molecule has 0 N–H and O–H groups in total. The van der Waals surface area contributed by atoms with Crippen LogP contribution in [-0.4, -0.2) is 13.4 Å². The van der Waals surface area contributed by atoms with E-state index in [2.05, 4.69) is 15.9 Å². The summed E-state index contributed by atoms with van der Waals surface area (Å²) in [6.45, 7) is 0. The van der Waals surface area contributed by atoms with Crippen molar-refractivity contribution >= 4 is 28.3 Å². The van der Waals surface area contributed by atoms with Crippen LogP contribution in [-0.2, 0) is 4.79 Å². The van der Waals surface area contributed by atoms with E-state index in [0.29, 0.717) is 4.48 Å². The van der Waals surface area contributed by atoms with Crippen LogP contribution < -0.4 is 4.74 Å². The monoisotopic (exact) mass is 240 g/mol. The number of benzene rings is 1. The summed E-state index contributed by atoms with van der Waals surface area (Å²) in [5.41, 5.74) is 0.929. The average molecular weight is 241 g/mol. The zero-order chi connectivity index (χ0) is 9.68. The van der Waals surface area contributed by atoms with Crippen LogP contribution in [0.2, 0.25) is 0 Å². The minimum atomic E-state index is 0.515. The van der Waals surface area contributed by atoms with Crippen LogP contribution in [0, 0.1) is 0 Å². The number of allylic oxidation sites excluding steroid dienone is 1. The van der Waals surface area contributed by atoms with E-state index in [-0.39, 0.29) is 0 Å². The fourth-order valence-electron chi connectivity index (χ4n) is 0.925. The van der Waals surface area contributed by atoms with E-state index < -0.39 is 0 Å². The van der Waals surface area contributed by atoms with Crippen LogP contribution in [0.4, 0.5) is 0 Å². The van der Waals surface area contributed by atoms with Crippen LogP contribution in [0.3, 0.4) is 0 Å². The van der Waals surface area contributed by atoms with Crippen LogP contribution in [0.25, 0.3) is 6.08 Å². The van der Waals surface area contributed by atoms with Crippen molar-refractivity contribution in [3.8, 4) is 5.75 Å². The summed E-state index contributed by atoms with van der Waals surface area (Å²) in [4.78, 5) is 10.3. The lowest BCUT2D eigenvalue weighted by Gasteiger charge is -1.99. The van der Waals surface area contributed by atoms with Crippen molar-refractivity contribution in [2.24, 2.45) is 0 Å². The Bertz CT molecular complexity index is 331. The Morgan fingerprint density at radius 3 is 2.92 bits per heavy atom. The smallest absolute Gasteiger partial charge is 0.157 e. The SMILES string of the molecule is COc1cccc(/C=C(/Br)C=O)c1. The molecule has 0 radical (unpaired) electrons.